The lowest BCUT2D eigenvalue weighted by atomic mass is 9.93. The summed E-state index contributed by atoms with van der Waals surface area (Å²) in [6, 6.07) is 10.6. The van der Waals surface area contributed by atoms with E-state index in [2.05, 4.69) is 46.6 Å². The van der Waals surface area contributed by atoms with E-state index < -0.39 is 11.0 Å². The van der Waals surface area contributed by atoms with Gasteiger partial charge >= 0.3 is 5.97 Å². The van der Waals surface area contributed by atoms with Gasteiger partial charge in [0, 0.05) is 54.1 Å². The Morgan fingerprint density at radius 2 is 1.97 bits per heavy atom. The second-order valence-corrected chi connectivity index (χ2v) is 10.1. The Bertz CT molecular complexity index is 1110. The molecule has 1 aliphatic rings. The van der Waals surface area contributed by atoms with Gasteiger partial charge in [-0.25, -0.2) is 0 Å². The summed E-state index contributed by atoms with van der Waals surface area (Å²) in [5.41, 5.74) is 4.70. The van der Waals surface area contributed by atoms with Crippen LogP contribution in [-0.2, 0) is 34.6 Å². The number of pyridine rings is 1. The lowest BCUT2D eigenvalue weighted by Gasteiger charge is -2.34. The van der Waals surface area contributed by atoms with E-state index in [4.69, 9.17) is 4.74 Å². The number of likely N-dealkylation sites (N-methyl/N-ethyl adjacent to an activating group) is 1. The van der Waals surface area contributed by atoms with Crippen molar-refractivity contribution in [1.82, 2.24) is 14.5 Å². The number of carbonyl (C=O) groups is 1. The Balaban J connectivity index is 1.85. The SMILES string of the molecule is Cc1ccc2c(c1)c1c(n2CC(C)(OC(=O)C(C)(C)C)c2cccnc2)CCN(C)C1. The average molecular weight is 420 g/mol. The van der Waals surface area contributed by atoms with Gasteiger partial charge in [-0.1, -0.05) is 17.7 Å². The van der Waals surface area contributed by atoms with Crippen LogP contribution in [0.2, 0.25) is 0 Å². The lowest BCUT2D eigenvalue weighted by Crippen LogP contribution is -2.39. The van der Waals surface area contributed by atoms with Crippen LogP contribution in [0, 0.1) is 12.3 Å². The number of aryl methyl sites for hydroxylation is 1. The van der Waals surface area contributed by atoms with E-state index in [1.807, 2.05) is 46.0 Å². The molecule has 0 saturated carbocycles. The molecule has 0 N–H and O–H groups in total. The molecular formula is C26H33N3O2. The first kappa shape index (κ1) is 21.6. The standard InChI is InChI=1S/C26H33N3O2/c1-18-9-10-22-20(14-18)21-16-28(6)13-11-23(21)29(22)17-26(5,19-8-7-12-27-15-19)31-24(30)25(2,3)4/h7-10,12,14-15H,11,13,16-17H2,1-6H3. The van der Waals surface area contributed by atoms with Crippen molar-refractivity contribution in [2.45, 2.75) is 59.7 Å². The Hall–Kier alpha value is -2.66. The molecule has 0 radical (unpaired) electrons. The highest BCUT2D eigenvalue weighted by Gasteiger charge is 2.37. The molecule has 31 heavy (non-hydrogen) atoms. The number of hydrogen-bond donors (Lipinski definition) is 0. The van der Waals surface area contributed by atoms with E-state index in [0.717, 1.165) is 25.1 Å². The summed E-state index contributed by atoms with van der Waals surface area (Å²) < 4.78 is 8.61. The number of nitrogens with zero attached hydrogens (tertiary/aromatic N) is 3. The zero-order valence-electron chi connectivity index (χ0n) is 19.5. The summed E-state index contributed by atoms with van der Waals surface area (Å²) in [7, 11) is 2.17. The van der Waals surface area contributed by atoms with Crippen LogP contribution < -0.4 is 0 Å². The first-order valence-corrected chi connectivity index (χ1v) is 11.0. The van der Waals surface area contributed by atoms with Gasteiger partial charge in [-0.05, 0) is 65.4 Å². The number of esters is 1. The fourth-order valence-corrected chi connectivity index (χ4v) is 4.40. The number of benzene rings is 1. The highest BCUT2D eigenvalue weighted by atomic mass is 16.6. The molecule has 3 heterocycles. The Morgan fingerprint density at radius 1 is 1.19 bits per heavy atom. The molecule has 1 aliphatic heterocycles. The van der Waals surface area contributed by atoms with Gasteiger partial charge in [-0.2, -0.15) is 0 Å². The molecule has 0 bridgehead atoms. The van der Waals surface area contributed by atoms with Crippen molar-refractivity contribution in [1.29, 1.82) is 0 Å². The van der Waals surface area contributed by atoms with Crippen molar-refractivity contribution in [2.75, 3.05) is 13.6 Å². The minimum Gasteiger partial charge on any atom is -0.452 e. The van der Waals surface area contributed by atoms with Crippen molar-refractivity contribution < 1.29 is 9.53 Å². The Kier molecular flexibility index (Phi) is 5.42. The number of carbonyl (C=O) groups excluding carboxylic acids is 1. The van der Waals surface area contributed by atoms with Gasteiger partial charge < -0.3 is 14.2 Å². The molecule has 0 spiro atoms. The predicted molar refractivity (Wildman–Crippen MR) is 124 cm³/mol. The van der Waals surface area contributed by atoms with Crippen LogP contribution in [0.4, 0.5) is 0 Å². The third kappa shape index (κ3) is 4.11. The highest BCUT2D eigenvalue weighted by molar-refractivity contribution is 5.86. The lowest BCUT2D eigenvalue weighted by molar-refractivity contribution is -0.170. The number of ether oxygens (including phenoxy) is 1. The summed E-state index contributed by atoms with van der Waals surface area (Å²) in [6.07, 6.45) is 4.54. The van der Waals surface area contributed by atoms with E-state index in [1.54, 1.807) is 6.20 Å². The topological polar surface area (TPSA) is 47.4 Å². The van der Waals surface area contributed by atoms with Crippen LogP contribution in [0.15, 0.2) is 42.7 Å². The molecule has 5 nitrogen and oxygen atoms in total. The molecule has 0 amide bonds. The number of rotatable bonds is 4. The van der Waals surface area contributed by atoms with Crippen molar-refractivity contribution in [3.05, 3.63) is 65.1 Å². The van der Waals surface area contributed by atoms with Gasteiger partial charge in [0.1, 0.15) is 0 Å². The smallest absolute Gasteiger partial charge is 0.312 e. The van der Waals surface area contributed by atoms with Crippen LogP contribution in [0.1, 0.15) is 50.1 Å². The normalized spacial score (nSPS) is 16.7. The third-order valence-electron chi connectivity index (χ3n) is 6.26. The Labute approximate surface area is 185 Å². The average Bonchev–Trinajstić information content (AvgIpc) is 3.00. The van der Waals surface area contributed by atoms with E-state index in [-0.39, 0.29) is 5.97 Å². The van der Waals surface area contributed by atoms with E-state index in [1.165, 1.54) is 27.7 Å². The first-order chi connectivity index (χ1) is 14.6. The molecule has 0 saturated heterocycles. The van der Waals surface area contributed by atoms with Gasteiger partial charge in [0.25, 0.3) is 0 Å². The van der Waals surface area contributed by atoms with Crippen molar-refractivity contribution in [3.63, 3.8) is 0 Å². The van der Waals surface area contributed by atoms with Gasteiger partial charge in [-0.15, -0.1) is 0 Å². The van der Waals surface area contributed by atoms with Crippen molar-refractivity contribution in [3.8, 4) is 0 Å². The molecule has 5 heteroatoms. The van der Waals surface area contributed by atoms with Crippen LogP contribution >= 0.6 is 0 Å². The monoisotopic (exact) mass is 419 g/mol. The molecule has 4 rings (SSSR count). The summed E-state index contributed by atoms with van der Waals surface area (Å²) in [5.74, 6) is -0.209. The van der Waals surface area contributed by atoms with Crippen molar-refractivity contribution in [2.24, 2.45) is 5.41 Å². The molecular weight excluding hydrogens is 386 g/mol. The summed E-state index contributed by atoms with van der Waals surface area (Å²) in [5, 5.41) is 1.30. The zero-order valence-corrected chi connectivity index (χ0v) is 19.5. The molecule has 1 atom stereocenters. The van der Waals surface area contributed by atoms with E-state index in [0.29, 0.717) is 6.54 Å². The quantitative estimate of drug-likeness (QED) is 0.568. The number of aromatic nitrogens is 2. The molecule has 0 aliphatic carbocycles. The summed E-state index contributed by atoms with van der Waals surface area (Å²) >= 11 is 0. The zero-order chi connectivity index (χ0) is 22.4. The van der Waals surface area contributed by atoms with Gasteiger partial charge in [-0.3, -0.25) is 9.78 Å². The number of fused-ring (bicyclic) bond motifs is 3. The Morgan fingerprint density at radius 3 is 2.65 bits per heavy atom. The molecule has 164 valence electrons. The maximum absolute atomic E-state index is 13.0. The summed E-state index contributed by atoms with van der Waals surface area (Å²) in [6.45, 7) is 12.3. The van der Waals surface area contributed by atoms with E-state index in [9.17, 15) is 4.79 Å². The molecule has 2 aromatic heterocycles. The first-order valence-electron chi connectivity index (χ1n) is 11.0. The predicted octanol–water partition coefficient (Wildman–Crippen LogP) is 4.84. The second-order valence-electron chi connectivity index (χ2n) is 10.1. The summed E-state index contributed by atoms with van der Waals surface area (Å²) in [4.78, 5) is 19.6. The van der Waals surface area contributed by atoms with Crippen LogP contribution in [-0.4, -0.2) is 34.0 Å². The van der Waals surface area contributed by atoms with E-state index >= 15 is 0 Å². The van der Waals surface area contributed by atoms with Crippen molar-refractivity contribution >= 4 is 16.9 Å². The molecule has 0 fully saturated rings. The van der Waals surface area contributed by atoms with Crippen LogP contribution in [0.25, 0.3) is 10.9 Å². The minimum atomic E-state index is -0.827. The third-order valence-corrected chi connectivity index (χ3v) is 6.26. The van der Waals surface area contributed by atoms with Crippen LogP contribution in [0.3, 0.4) is 0 Å². The largest absolute Gasteiger partial charge is 0.452 e. The van der Waals surface area contributed by atoms with Gasteiger partial charge in [0.15, 0.2) is 5.60 Å². The molecule has 1 aromatic carbocycles. The maximum atomic E-state index is 13.0. The van der Waals surface area contributed by atoms with Gasteiger partial charge in [0.2, 0.25) is 0 Å². The second kappa shape index (κ2) is 7.79. The number of hydrogen-bond acceptors (Lipinski definition) is 4. The highest BCUT2D eigenvalue weighted by Crippen LogP contribution is 2.36. The fraction of sp³-hybridized carbons (Fsp3) is 0.462. The van der Waals surface area contributed by atoms with Gasteiger partial charge in [0.05, 0.1) is 12.0 Å². The molecule has 1 unspecified atom stereocenters. The van der Waals surface area contributed by atoms with Crippen LogP contribution in [0.5, 0.6) is 0 Å². The molecule has 3 aromatic rings. The fourth-order valence-electron chi connectivity index (χ4n) is 4.40. The maximum Gasteiger partial charge on any atom is 0.312 e. The minimum absolute atomic E-state index is 0.209.